The largest absolute Gasteiger partial charge is 0.387 e. The van der Waals surface area contributed by atoms with Crippen LogP contribution in [0.5, 0.6) is 0 Å². The first-order valence-corrected chi connectivity index (χ1v) is 6.06. The Morgan fingerprint density at radius 1 is 1.44 bits per heavy atom. The molecular weight excluding hydrogens is 202 g/mol. The molecule has 1 rings (SSSR count). The summed E-state index contributed by atoms with van der Waals surface area (Å²) in [7, 11) is 2.16. The molecule has 0 bridgehead atoms. The molecule has 1 fully saturated rings. The van der Waals surface area contributed by atoms with Gasteiger partial charge in [0, 0.05) is 24.7 Å². The molecule has 0 aromatic rings. The standard InChI is InChI=1S/C12H25N3O/c1-12(2,11(13)14)6-7-15(3)10-4-8-16-9-5-10/h10H,4-9H2,1-3H3,(H3,13,14). The maximum Gasteiger partial charge on any atom is 0.0963 e. The van der Waals surface area contributed by atoms with Gasteiger partial charge in [0.05, 0.1) is 5.84 Å². The van der Waals surface area contributed by atoms with Crippen LogP contribution in [0.4, 0.5) is 0 Å². The Morgan fingerprint density at radius 2 is 2.00 bits per heavy atom. The van der Waals surface area contributed by atoms with Crippen LogP contribution in [-0.4, -0.2) is 43.6 Å². The second-order valence-electron chi connectivity index (χ2n) is 5.37. The zero-order chi connectivity index (χ0) is 12.2. The molecule has 1 saturated heterocycles. The van der Waals surface area contributed by atoms with Crippen LogP contribution in [-0.2, 0) is 4.74 Å². The lowest BCUT2D eigenvalue weighted by Crippen LogP contribution is -2.40. The first-order valence-electron chi connectivity index (χ1n) is 6.06. The minimum atomic E-state index is -0.181. The van der Waals surface area contributed by atoms with Gasteiger partial charge in [-0.2, -0.15) is 0 Å². The highest BCUT2D eigenvalue weighted by Crippen LogP contribution is 2.21. The highest BCUT2D eigenvalue weighted by Gasteiger charge is 2.24. The molecule has 4 nitrogen and oxygen atoms in total. The van der Waals surface area contributed by atoms with Crippen LogP contribution in [0, 0.1) is 10.8 Å². The van der Waals surface area contributed by atoms with Gasteiger partial charge >= 0.3 is 0 Å². The summed E-state index contributed by atoms with van der Waals surface area (Å²) in [5.41, 5.74) is 5.40. The van der Waals surface area contributed by atoms with Crippen molar-refractivity contribution in [2.45, 2.75) is 39.2 Å². The first kappa shape index (κ1) is 13.5. The average Bonchev–Trinajstić information content (AvgIpc) is 2.27. The topological polar surface area (TPSA) is 62.3 Å². The van der Waals surface area contributed by atoms with E-state index in [2.05, 4.69) is 11.9 Å². The third-order valence-corrected chi connectivity index (χ3v) is 3.63. The second-order valence-corrected chi connectivity index (χ2v) is 5.37. The van der Waals surface area contributed by atoms with E-state index < -0.39 is 0 Å². The summed E-state index contributed by atoms with van der Waals surface area (Å²) in [6.45, 7) is 6.83. The molecule has 0 atom stereocenters. The van der Waals surface area contributed by atoms with E-state index in [1.807, 2.05) is 13.8 Å². The van der Waals surface area contributed by atoms with Crippen LogP contribution in [0.1, 0.15) is 33.1 Å². The van der Waals surface area contributed by atoms with Crippen molar-refractivity contribution >= 4 is 5.84 Å². The highest BCUT2D eigenvalue weighted by atomic mass is 16.5. The quantitative estimate of drug-likeness (QED) is 0.552. The van der Waals surface area contributed by atoms with Gasteiger partial charge < -0.3 is 15.4 Å². The fourth-order valence-corrected chi connectivity index (χ4v) is 1.90. The Balaban J connectivity index is 2.33. The Bertz CT molecular complexity index is 234. The lowest BCUT2D eigenvalue weighted by atomic mass is 9.87. The molecule has 0 radical (unpaired) electrons. The van der Waals surface area contributed by atoms with Crippen LogP contribution in [0.2, 0.25) is 0 Å². The van der Waals surface area contributed by atoms with E-state index in [1.54, 1.807) is 0 Å². The van der Waals surface area contributed by atoms with E-state index in [9.17, 15) is 0 Å². The summed E-state index contributed by atoms with van der Waals surface area (Å²) in [5, 5.41) is 7.53. The second kappa shape index (κ2) is 5.64. The van der Waals surface area contributed by atoms with Crippen molar-refractivity contribution in [1.29, 1.82) is 5.41 Å². The SMILES string of the molecule is CN(CCC(C)(C)C(=N)N)C1CCOCC1. The minimum Gasteiger partial charge on any atom is -0.387 e. The van der Waals surface area contributed by atoms with Crippen molar-refractivity contribution in [2.24, 2.45) is 11.1 Å². The van der Waals surface area contributed by atoms with Gasteiger partial charge in [-0.25, -0.2) is 0 Å². The van der Waals surface area contributed by atoms with Gasteiger partial charge in [0.2, 0.25) is 0 Å². The maximum atomic E-state index is 7.53. The van der Waals surface area contributed by atoms with Crippen molar-refractivity contribution < 1.29 is 4.74 Å². The van der Waals surface area contributed by atoms with Crippen molar-refractivity contribution in [3.05, 3.63) is 0 Å². The fourth-order valence-electron chi connectivity index (χ4n) is 1.90. The van der Waals surface area contributed by atoms with Gasteiger partial charge in [0.1, 0.15) is 0 Å². The zero-order valence-electron chi connectivity index (χ0n) is 10.8. The van der Waals surface area contributed by atoms with E-state index in [0.29, 0.717) is 6.04 Å². The van der Waals surface area contributed by atoms with Crippen molar-refractivity contribution in [2.75, 3.05) is 26.8 Å². The number of amidine groups is 1. The lowest BCUT2D eigenvalue weighted by molar-refractivity contribution is 0.0410. The number of ether oxygens (including phenoxy) is 1. The summed E-state index contributed by atoms with van der Waals surface area (Å²) < 4.78 is 5.35. The predicted octanol–water partition coefficient (Wildman–Crippen LogP) is 1.45. The predicted molar refractivity (Wildman–Crippen MR) is 66.8 cm³/mol. The van der Waals surface area contributed by atoms with Crippen LogP contribution in [0.3, 0.4) is 0 Å². The summed E-state index contributed by atoms with van der Waals surface area (Å²) >= 11 is 0. The Hall–Kier alpha value is -0.610. The molecule has 0 aromatic heterocycles. The molecule has 94 valence electrons. The van der Waals surface area contributed by atoms with Crippen molar-refractivity contribution in [1.82, 2.24) is 4.90 Å². The van der Waals surface area contributed by atoms with Crippen LogP contribution < -0.4 is 5.73 Å². The molecule has 0 amide bonds. The number of hydrogen-bond donors (Lipinski definition) is 2. The Kier molecular flexibility index (Phi) is 4.74. The third-order valence-electron chi connectivity index (χ3n) is 3.63. The molecule has 4 heteroatoms. The lowest BCUT2D eigenvalue weighted by Gasteiger charge is -2.33. The third kappa shape index (κ3) is 3.76. The molecule has 0 aromatic carbocycles. The molecule has 16 heavy (non-hydrogen) atoms. The van der Waals surface area contributed by atoms with Gasteiger partial charge in [0.15, 0.2) is 0 Å². The van der Waals surface area contributed by atoms with Crippen LogP contribution >= 0.6 is 0 Å². The molecule has 0 spiro atoms. The Morgan fingerprint density at radius 3 is 2.50 bits per heavy atom. The van der Waals surface area contributed by atoms with E-state index in [0.717, 1.165) is 39.0 Å². The highest BCUT2D eigenvalue weighted by molar-refractivity contribution is 5.82. The number of rotatable bonds is 5. The minimum absolute atomic E-state index is 0.181. The number of nitrogens with one attached hydrogen (secondary N) is 1. The molecule has 0 unspecified atom stereocenters. The monoisotopic (exact) mass is 227 g/mol. The number of hydrogen-bond acceptors (Lipinski definition) is 3. The molecule has 1 aliphatic rings. The molecule has 0 aliphatic carbocycles. The van der Waals surface area contributed by atoms with E-state index in [-0.39, 0.29) is 11.3 Å². The number of nitrogens with zero attached hydrogens (tertiary/aromatic N) is 1. The molecule has 0 saturated carbocycles. The summed E-state index contributed by atoms with van der Waals surface area (Å²) in [4.78, 5) is 2.38. The molecule has 3 N–H and O–H groups in total. The smallest absolute Gasteiger partial charge is 0.0963 e. The average molecular weight is 227 g/mol. The number of nitrogens with two attached hydrogens (primary N) is 1. The normalized spacial score (nSPS) is 19.0. The van der Waals surface area contributed by atoms with E-state index >= 15 is 0 Å². The van der Waals surface area contributed by atoms with Crippen LogP contribution in [0.25, 0.3) is 0 Å². The van der Waals surface area contributed by atoms with Crippen molar-refractivity contribution in [3.63, 3.8) is 0 Å². The summed E-state index contributed by atoms with van der Waals surface area (Å²) in [6.07, 6.45) is 3.18. The van der Waals surface area contributed by atoms with Crippen LogP contribution in [0.15, 0.2) is 0 Å². The van der Waals surface area contributed by atoms with E-state index in [4.69, 9.17) is 15.9 Å². The van der Waals surface area contributed by atoms with Gasteiger partial charge in [-0.15, -0.1) is 0 Å². The summed E-state index contributed by atoms with van der Waals surface area (Å²) in [6, 6.07) is 0.636. The zero-order valence-corrected chi connectivity index (χ0v) is 10.8. The van der Waals surface area contributed by atoms with Gasteiger partial charge in [-0.1, -0.05) is 13.8 Å². The molecule has 1 aliphatic heterocycles. The van der Waals surface area contributed by atoms with Gasteiger partial charge in [-0.3, -0.25) is 5.41 Å². The van der Waals surface area contributed by atoms with E-state index in [1.165, 1.54) is 0 Å². The van der Waals surface area contributed by atoms with Gasteiger partial charge in [-0.05, 0) is 32.9 Å². The van der Waals surface area contributed by atoms with Crippen molar-refractivity contribution in [3.8, 4) is 0 Å². The maximum absolute atomic E-state index is 7.53. The molecule has 1 heterocycles. The molecular formula is C12H25N3O. The Labute approximate surface area is 98.6 Å². The van der Waals surface area contributed by atoms with Gasteiger partial charge in [0.25, 0.3) is 0 Å². The summed E-state index contributed by atoms with van der Waals surface area (Å²) in [5.74, 6) is 0.285. The fraction of sp³-hybridized carbons (Fsp3) is 0.917. The first-order chi connectivity index (χ1) is 7.43.